The van der Waals surface area contributed by atoms with Gasteiger partial charge < -0.3 is 14.8 Å². The van der Waals surface area contributed by atoms with Gasteiger partial charge in [-0.15, -0.1) is 0 Å². The summed E-state index contributed by atoms with van der Waals surface area (Å²) in [5.74, 6) is 1.81. The van der Waals surface area contributed by atoms with Gasteiger partial charge in [0.1, 0.15) is 11.6 Å². The lowest BCUT2D eigenvalue weighted by Gasteiger charge is -2.01. The summed E-state index contributed by atoms with van der Waals surface area (Å²) < 4.78 is 5.07. The first kappa shape index (κ1) is 9.92. The van der Waals surface area contributed by atoms with Crippen molar-refractivity contribution in [2.45, 2.75) is 26.9 Å². The molecule has 2 aromatic heterocycles. The van der Waals surface area contributed by atoms with Crippen LogP contribution in [0.1, 0.15) is 22.8 Å². The highest BCUT2D eigenvalue weighted by atomic mass is 16.5. The van der Waals surface area contributed by atoms with Gasteiger partial charge in [-0.05, 0) is 13.8 Å². The van der Waals surface area contributed by atoms with Crippen molar-refractivity contribution in [3.8, 4) is 0 Å². The largest absolute Gasteiger partial charge is 0.361 e. The number of aryl methyl sites for hydroxylation is 2. The minimum atomic E-state index is 0.719. The van der Waals surface area contributed by atoms with E-state index < -0.39 is 0 Å². The van der Waals surface area contributed by atoms with Crippen molar-refractivity contribution in [1.82, 2.24) is 20.4 Å². The molecule has 0 bridgehead atoms. The van der Waals surface area contributed by atoms with Gasteiger partial charge in [-0.2, -0.15) is 0 Å². The van der Waals surface area contributed by atoms with Crippen molar-refractivity contribution >= 4 is 0 Å². The molecule has 0 amide bonds. The van der Waals surface area contributed by atoms with Gasteiger partial charge in [-0.1, -0.05) is 5.16 Å². The van der Waals surface area contributed by atoms with Crippen LogP contribution in [0.4, 0.5) is 0 Å². The molecule has 2 N–H and O–H groups in total. The lowest BCUT2D eigenvalue weighted by Crippen LogP contribution is -2.14. The fourth-order valence-corrected chi connectivity index (χ4v) is 1.45. The smallest absolute Gasteiger partial charge is 0.138 e. The second-order valence-corrected chi connectivity index (χ2v) is 3.44. The Kier molecular flexibility index (Phi) is 2.82. The molecule has 0 radical (unpaired) electrons. The molecule has 0 aliphatic carbocycles. The first-order chi connectivity index (χ1) is 7.27. The Morgan fingerprint density at radius 1 is 1.40 bits per heavy atom. The number of imidazole rings is 1. The zero-order chi connectivity index (χ0) is 10.7. The summed E-state index contributed by atoms with van der Waals surface area (Å²) in [7, 11) is 0. The van der Waals surface area contributed by atoms with Crippen LogP contribution in [0, 0.1) is 13.8 Å². The molecule has 0 atom stereocenters. The van der Waals surface area contributed by atoms with Crippen molar-refractivity contribution < 1.29 is 4.52 Å². The van der Waals surface area contributed by atoms with Crippen molar-refractivity contribution in [2.75, 3.05) is 0 Å². The minimum absolute atomic E-state index is 0.719. The first-order valence-corrected chi connectivity index (χ1v) is 4.88. The Labute approximate surface area is 87.9 Å². The summed E-state index contributed by atoms with van der Waals surface area (Å²) in [5.41, 5.74) is 2.07. The third-order valence-electron chi connectivity index (χ3n) is 2.33. The Morgan fingerprint density at radius 2 is 2.27 bits per heavy atom. The number of aromatic amines is 1. The van der Waals surface area contributed by atoms with Gasteiger partial charge in [-0.25, -0.2) is 4.98 Å². The molecule has 2 heterocycles. The summed E-state index contributed by atoms with van der Waals surface area (Å²) in [6, 6.07) is 0. The third-order valence-corrected chi connectivity index (χ3v) is 2.33. The molecular formula is C10H14N4O. The lowest BCUT2D eigenvalue weighted by molar-refractivity contribution is 0.392. The van der Waals surface area contributed by atoms with Gasteiger partial charge in [0.05, 0.1) is 12.2 Å². The number of nitrogens with one attached hydrogen (secondary N) is 2. The van der Waals surface area contributed by atoms with E-state index in [4.69, 9.17) is 4.52 Å². The fraction of sp³-hybridized carbons (Fsp3) is 0.400. The van der Waals surface area contributed by atoms with E-state index in [0.717, 1.165) is 35.9 Å². The molecule has 2 aromatic rings. The predicted molar refractivity (Wildman–Crippen MR) is 55.1 cm³/mol. The van der Waals surface area contributed by atoms with Gasteiger partial charge in [-0.3, -0.25) is 0 Å². The number of nitrogens with zero attached hydrogens (tertiary/aromatic N) is 2. The maximum atomic E-state index is 5.07. The molecule has 0 fully saturated rings. The fourth-order valence-electron chi connectivity index (χ4n) is 1.45. The molecule has 0 unspecified atom stereocenters. The molecule has 0 aliphatic rings. The maximum absolute atomic E-state index is 5.07. The predicted octanol–water partition coefficient (Wildman–Crippen LogP) is 1.30. The van der Waals surface area contributed by atoms with E-state index in [1.54, 1.807) is 6.20 Å². The standard InChI is InChI=1S/C10H14N4O/c1-7-9(8(2)15-14-7)5-11-6-10-12-3-4-13-10/h3-4,11H,5-6H2,1-2H3,(H,12,13). The van der Waals surface area contributed by atoms with Gasteiger partial charge in [0.25, 0.3) is 0 Å². The van der Waals surface area contributed by atoms with Crippen molar-refractivity contribution in [2.24, 2.45) is 0 Å². The SMILES string of the molecule is Cc1noc(C)c1CNCc1ncc[nH]1. The first-order valence-electron chi connectivity index (χ1n) is 4.88. The maximum Gasteiger partial charge on any atom is 0.138 e. The number of hydrogen-bond acceptors (Lipinski definition) is 4. The molecule has 0 saturated heterocycles. The van der Waals surface area contributed by atoms with Crippen LogP contribution in [-0.4, -0.2) is 15.1 Å². The Bertz CT molecular complexity index is 399. The number of H-pyrrole nitrogens is 1. The van der Waals surface area contributed by atoms with Crippen LogP contribution in [-0.2, 0) is 13.1 Å². The van der Waals surface area contributed by atoms with E-state index in [9.17, 15) is 0 Å². The molecule has 0 spiro atoms. The Hall–Kier alpha value is -1.62. The zero-order valence-corrected chi connectivity index (χ0v) is 8.87. The number of aromatic nitrogens is 3. The molecule has 5 heteroatoms. The van der Waals surface area contributed by atoms with E-state index in [2.05, 4.69) is 20.4 Å². The minimum Gasteiger partial charge on any atom is -0.361 e. The normalized spacial score (nSPS) is 10.8. The molecule has 15 heavy (non-hydrogen) atoms. The molecule has 80 valence electrons. The van der Waals surface area contributed by atoms with Crippen LogP contribution in [0.5, 0.6) is 0 Å². The third kappa shape index (κ3) is 2.24. The summed E-state index contributed by atoms with van der Waals surface area (Å²) in [6.07, 6.45) is 3.56. The second-order valence-electron chi connectivity index (χ2n) is 3.44. The summed E-state index contributed by atoms with van der Waals surface area (Å²) >= 11 is 0. The van der Waals surface area contributed by atoms with E-state index in [1.807, 2.05) is 20.0 Å². The topological polar surface area (TPSA) is 66.7 Å². The van der Waals surface area contributed by atoms with E-state index in [1.165, 1.54) is 0 Å². The average Bonchev–Trinajstić information content (AvgIpc) is 2.82. The van der Waals surface area contributed by atoms with Crippen LogP contribution in [0.3, 0.4) is 0 Å². The average molecular weight is 206 g/mol. The molecule has 0 aliphatic heterocycles. The van der Waals surface area contributed by atoms with Gasteiger partial charge >= 0.3 is 0 Å². The molecular weight excluding hydrogens is 192 g/mol. The van der Waals surface area contributed by atoms with Crippen LogP contribution in [0.25, 0.3) is 0 Å². The van der Waals surface area contributed by atoms with Crippen molar-refractivity contribution in [3.05, 3.63) is 35.2 Å². The Morgan fingerprint density at radius 3 is 2.87 bits per heavy atom. The van der Waals surface area contributed by atoms with E-state index in [0.29, 0.717) is 0 Å². The van der Waals surface area contributed by atoms with Gasteiger partial charge in [0, 0.05) is 24.5 Å². The van der Waals surface area contributed by atoms with Crippen molar-refractivity contribution in [3.63, 3.8) is 0 Å². The highest BCUT2D eigenvalue weighted by molar-refractivity contribution is 5.20. The molecule has 0 saturated carbocycles. The van der Waals surface area contributed by atoms with Crippen molar-refractivity contribution in [1.29, 1.82) is 0 Å². The zero-order valence-electron chi connectivity index (χ0n) is 8.87. The Balaban J connectivity index is 1.89. The van der Waals surface area contributed by atoms with Gasteiger partial charge in [0.15, 0.2) is 0 Å². The quantitative estimate of drug-likeness (QED) is 0.791. The second kappa shape index (κ2) is 4.27. The van der Waals surface area contributed by atoms with Crippen LogP contribution in [0.2, 0.25) is 0 Å². The summed E-state index contributed by atoms with van der Waals surface area (Å²) in [4.78, 5) is 7.16. The van der Waals surface area contributed by atoms with Crippen LogP contribution in [0.15, 0.2) is 16.9 Å². The van der Waals surface area contributed by atoms with E-state index in [-0.39, 0.29) is 0 Å². The highest BCUT2D eigenvalue weighted by Crippen LogP contribution is 2.11. The highest BCUT2D eigenvalue weighted by Gasteiger charge is 2.07. The monoisotopic (exact) mass is 206 g/mol. The van der Waals surface area contributed by atoms with Gasteiger partial charge in [0.2, 0.25) is 0 Å². The molecule has 2 rings (SSSR count). The lowest BCUT2D eigenvalue weighted by atomic mass is 10.2. The number of hydrogen-bond donors (Lipinski definition) is 2. The summed E-state index contributed by atoms with van der Waals surface area (Å²) in [5, 5.41) is 7.17. The number of rotatable bonds is 4. The van der Waals surface area contributed by atoms with Crippen LogP contribution < -0.4 is 5.32 Å². The van der Waals surface area contributed by atoms with E-state index >= 15 is 0 Å². The summed E-state index contributed by atoms with van der Waals surface area (Å²) in [6.45, 7) is 5.34. The van der Waals surface area contributed by atoms with Crippen LogP contribution >= 0.6 is 0 Å². The molecule has 0 aromatic carbocycles. The molecule has 5 nitrogen and oxygen atoms in total.